The molecular formula is C22H28O4. The first kappa shape index (κ1) is 16.9. The zero-order valence-electron chi connectivity index (χ0n) is 15.8. The third kappa shape index (κ3) is 1.65. The fourth-order valence-electron chi connectivity index (χ4n) is 7.29. The Bertz CT molecular complexity index is 794. The van der Waals surface area contributed by atoms with Gasteiger partial charge in [0.05, 0.1) is 0 Å². The van der Waals surface area contributed by atoms with Crippen LogP contribution in [-0.4, -0.2) is 34.0 Å². The van der Waals surface area contributed by atoms with Crippen molar-refractivity contribution in [1.82, 2.24) is 0 Å². The number of allylic oxidation sites excluding steroid dienone is 6. The lowest BCUT2D eigenvalue weighted by Crippen LogP contribution is -2.49. The molecule has 5 rings (SSSR count). The highest BCUT2D eigenvalue weighted by atomic mass is 16.8. The molecule has 5 aliphatic rings. The maximum absolute atomic E-state index is 11.8. The molecule has 2 N–H and O–H groups in total. The first-order valence-electron chi connectivity index (χ1n) is 9.90. The van der Waals surface area contributed by atoms with Gasteiger partial charge in [-0.3, -0.25) is 4.79 Å². The van der Waals surface area contributed by atoms with Crippen molar-refractivity contribution in [3.05, 3.63) is 35.5 Å². The highest BCUT2D eigenvalue weighted by Crippen LogP contribution is 2.75. The molecule has 26 heavy (non-hydrogen) atoms. The van der Waals surface area contributed by atoms with Gasteiger partial charge in [0.25, 0.3) is 0 Å². The van der Waals surface area contributed by atoms with Crippen molar-refractivity contribution in [3.63, 3.8) is 0 Å². The summed E-state index contributed by atoms with van der Waals surface area (Å²) in [5, 5.41) is 20.5. The highest BCUT2D eigenvalue weighted by Gasteiger charge is 2.83. The van der Waals surface area contributed by atoms with Crippen LogP contribution in [0.5, 0.6) is 0 Å². The topological polar surface area (TPSA) is 70.1 Å². The Labute approximate surface area is 154 Å². The summed E-state index contributed by atoms with van der Waals surface area (Å²) in [5.41, 5.74) is 1.75. The zero-order chi connectivity index (χ0) is 18.5. The standard InChI is InChI=1S/C22H28O4/c1-13-10-18-16-5-4-14-11-15(24)6-8-19(14,2)17(16)7-9-20(18,3)22(13)21(25,12-23)26-22/h6-8,11,13,16,18,23,25H,4-5,9-10,12H2,1-3H3/t13-,16-,18+,19+,20+,21?,22-/m1/s1. The highest BCUT2D eigenvalue weighted by molar-refractivity contribution is 6.01. The van der Waals surface area contributed by atoms with Crippen molar-refractivity contribution in [2.24, 2.45) is 28.6 Å². The van der Waals surface area contributed by atoms with E-state index in [-0.39, 0.29) is 29.1 Å². The summed E-state index contributed by atoms with van der Waals surface area (Å²) in [4.78, 5) is 11.8. The van der Waals surface area contributed by atoms with Crippen LogP contribution >= 0.6 is 0 Å². The van der Waals surface area contributed by atoms with E-state index in [9.17, 15) is 15.0 Å². The number of hydrogen-bond acceptors (Lipinski definition) is 4. The molecule has 3 fully saturated rings. The second kappa shape index (κ2) is 4.78. The predicted octanol–water partition coefficient (Wildman–Crippen LogP) is 2.91. The number of aliphatic hydroxyl groups is 2. The van der Waals surface area contributed by atoms with Crippen molar-refractivity contribution in [2.45, 2.75) is 57.8 Å². The Morgan fingerprint density at radius 1 is 1.35 bits per heavy atom. The van der Waals surface area contributed by atoms with Crippen LogP contribution in [-0.2, 0) is 9.53 Å². The van der Waals surface area contributed by atoms with Gasteiger partial charge in [-0.1, -0.05) is 37.1 Å². The molecule has 1 heterocycles. The van der Waals surface area contributed by atoms with E-state index in [1.165, 1.54) is 11.1 Å². The monoisotopic (exact) mass is 356 g/mol. The summed E-state index contributed by atoms with van der Waals surface area (Å²) in [6.07, 6.45) is 11.9. The van der Waals surface area contributed by atoms with E-state index in [1.54, 1.807) is 6.08 Å². The maximum atomic E-state index is 11.8. The first-order chi connectivity index (χ1) is 12.2. The van der Waals surface area contributed by atoms with Gasteiger partial charge in [-0.25, -0.2) is 0 Å². The molecule has 1 spiro atoms. The number of ketones is 1. The number of fused-ring (bicyclic) bond motifs is 6. The van der Waals surface area contributed by atoms with Crippen LogP contribution in [0.15, 0.2) is 35.5 Å². The van der Waals surface area contributed by atoms with E-state index in [0.717, 1.165) is 25.7 Å². The molecule has 1 aliphatic heterocycles. The molecule has 140 valence electrons. The van der Waals surface area contributed by atoms with Gasteiger partial charge in [-0.2, -0.15) is 0 Å². The minimum atomic E-state index is -1.39. The molecule has 4 aliphatic carbocycles. The fourth-order valence-corrected chi connectivity index (χ4v) is 7.29. The van der Waals surface area contributed by atoms with Gasteiger partial charge in [0.15, 0.2) is 5.78 Å². The van der Waals surface area contributed by atoms with Gasteiger partial charge in [-0.05, 0) is 62.5 Å². The van der Waals surface area contributed by atoms with Crippen molar-refractivity contribution in [2.75, 3.05) is 6.61 Å². The quantitative estimate of drug-likeness (QED) is 0.560. The van der Waals surface area contributed by atoms with Crippen LogP contribution in [0.1, 0.15) is 46.5 Å². The molecular weight excluding hydrogens is 328 g/mol. The smallest absolute Gasteiger partial charge is 0.220 e. The molecule has 0 bridgehead atoms. The molecule has 2 saturated carbocycles. The lowest BCUT2D eigenvalue weighted by atomic mass is 9.52. The summed E-state index contributed by atoms with van der Waals surface area (Å²) in [5.74, 6) is -0.187. The first-order valence-corrected chi connectivity index (χ1v) is 9.90. The number of ether oxygens (including phenoxy) is 1. The second-order valence-electron chi connectivity index (χ2n) is 9.56. The van der Waals surface area contributed by atoms with Crippen LogP contribution in [0.3, 0.4) is 0 Å². The average molecular weight is 356 g/mol. The minimum Gasteiger partial charge on any atom is -0.391 e. The van der Waals surface area contributed by atoms with E-state index < -0.39 is 11.4 Å². The Hall–Kier alpha value is -1.23. The number of hydrogen-bond donors (Lipinski definition) is 2. The molecule has 1 saturated heterocycles. The van der Waals surface area contributed by atoms with Crippen LogP contribution in [0.4, 0.5) is 0 Å². The molecule has 1 unspecified atom stereocenters. The maximum Gasteiger partial charge on any atom is 0.220 e. The summed E-state index contributed by atoms with van der Waals surface area (Å²) < 4.78 is 5.92. The van der Waals surface area contributed by atoms with Gasteiger partial charge in [0, 0.05) is 10.8 Å². The zero-order valence-corrected chi connectivity index (χ0v) is 15.8. The van der Waals surface area contributed by atoms with E-state index in [2.05, 4.69) is 32.9 Å². The largest absolute Gasteiger partial charge is 0.391 e. The Morgan fingerprint density at radius 3 is 2.81 bits per heavy atom. The van der Waals surface area contributed by atoms with Crippen molar-refractivity contribution < 1.29 is 19.7 Å². The second-order valence-corrected chi connectivity index (χ2v) is 9.56. The third-order valence-corrected chi connectivity index (χ3v) is 8.57. The van der Waals surface area contributed by atoms with Gasteiger partial charge in [-0.15, -0.1) is 0 Å². The summed E-state index contributed by atoms with van der Waals surface area (Å²) >= 11 is 0. The Balaban J connectivity index is 1.58. The predicted molar refractivity (Wildman–Crippen MR) is 97.0 cm³/mol. The number of carbonyl (C=O) groups excluding carboxylic acids is 1. The van der Waals surface area contributed by atoms with Crippen LogP contribution in [0.25, 0.3) is 0 Å². The molecule has 0 amide bonds. The van der Waals surface area contributed by atoms with Crippen molar-refractivity contribution in [3.8, 4) is 0 Å². The van der Waals surface area contributed by atoms with Crippen LogP contribution < -0.4 is 0 Å². The molecule has 4 nitrogen and oxygen atoms in total. The molecule has 4 heteroatoms. The number of rotatable bonds is 1. The van der Waals surface area contributed by atoms with Crippen molar-refractivity contribution in [1.29, 1.82) is 0 Å². The van der Waals surface area contributed by atoms with Gasteiger partial charge < -0.3 is 14.9 Å². The van der Waals surface area contributed by atoms with Gasteiger partial charge >= 0.3 is 0 Å². The average Bonchev–Trinajstić information content (AvgIpc) is 3.19. The van der Waals surface area contributed by atoms with Crippen LogP contribution in [0, 0.1) is 28.6 Å². The van der Waals surface area contributed by atoms with E-state index in [0.29, 0.717) is 11.8 Å². The Kier molecular flexibility index (Phi) is 3.11. The van der Waals surface area contributed by atoms with E-state index >= 15 is 0 Å². The summed E-state index contributed by atoms with van der Waals surface area (Å²) in [6, 6.07) is 0. The Morgan fingerprint density at radius 2 is 2.12 bits per heavy atom. The normalized spacial score (nSPS) is 54.3. The molecule has 7 atom stereocenters. The molecule has 0 aromatic carbocycles. The summed E-state index contributed by atoms with van der Waals surface area (Å²) in [7, 11) is 0. The lowest BCUT2D eigenvalue weighted by molar-refractivity contribution is -0.110. The minimum absolute atomic E-state index is 0.102. The van der Waals surface area contributed by atoms with Gasteiger partial charge in [0.1, 0.15) is 12.2 Å². The third-order valence-electron chi connectivity index (χ3n) is 8.57. The number of carbonyl (C=O) groups is 1. The molecule has 0 radical (unpaired) electrons. The summed E-state index contributed by atoms with van der Waals surface area (Å²) in [6.45, 7) is 6.31. The van der Waals surface area contributed by atoms with E-state index in [1.807, 2.05) is 6.08 Å². The number of epoxide rings is 1. The fraction of sp³-hybridized carbons (Fsp3) is 0.682. The number of aliphatic hydroxyl groups excluding tert-OH is 1. The van der Waals surface area contributed by atoms with Gasteiger partial charge in [0.2, 0.25) is 5.79 Å². The molecule has 0 aromatic heterocycles. The lowest BCUT2D eigenvalue weighted by Gasteiger charge is -2.52. The SMILES string of the molecule is C[C@@H]1C[C@H]2[C@@H]3CCC4=CC(=O)C=C[C@]4(C)C3=CC[C@]2(C)[C@]12OC2(O)CO. The van der Waals surface area contributed by atoms with E-state index in [4.69, 9.17) is 4.74 Å². The van der Waals surface area contributed by atoms with Crippen LogP contribution in [0.2, 0.25) is 0 Å². The molecule has 0 aromatic rings. The van der Waals surface area contributed by atoms with Crippen molar-refractivity contribution >= 4 is 5.78 Å².